The van der Waals surface area contributed by atoms with E-state index in [0.717, 1.165) is 12.8 Å². The second kappa shape index (κ2) is 7.78. The number of hydrogen-bond acceptors (Lipinski definition) is 5. The average Bonchev–Trinajstić information content (AvgIpc) is 2.81. The molecule has 1 heterocycles. The second-order valence-corrected chi connectivity index (χ2v) is 4.39. The SMILES string of the molecule is CC(CO)CCCNC(=O)Cn1cc(CN)nn1. The molecule has 0 saturated carbocycles. The van der Waals surface area contributed by atoms with Crippen LogP contribution in [0.2, 0.25) is 0 Å². The van der Waals surface area contributed by atoms with Crippen LogP contribution in [-0.2, 0) is 17.9 Å². The molecule has 0 aliphatic carbocycles. The average molecular weight is 255 g/mol. The summed E-state index contributed by atoms with van der Waals surface area (Å²) in [6.45, 7) is 3.26. The van der Waals surface area contributed by atoms with Gasteiger partial charge in [-0.15, -0.1) is 5.10 Å². The number of carbonyl (C=O) groups is 1. The van der Waals surface area contributed by atoms with Crippen molar-refractivity contribution in [2.24, 2.45) is 11.7 Å². The highest BCUT2D eigenvalue weighted by molar-refractivity contribution is 5.75. The summed E-state index contributed by atoms with van der Waals surface area (Å²) in [7, 11) is 0. The van der Waals surface area contributed by atoms with Gasteiger partial charge in [-0.3, -0.25) is 4.79 Å². The highest BCUT2D eigenvalue weighted by atomic mass is 16.3. The number of hydrogen-bond donors (Lipinski definition) is 3. The summed E-state index contributed by atoms with van der Waals surface area (Å²) < 4.78 is 1.47. The Kier molecular flexibility index (Phi) is 6.31. The van der Waals surface area contributed by atoms with E-state index in [-0.39, 0.29) is 25.0 Å². The fourth-order valence-corrected chi connectivity index (χ4v) is 1.48. The molecule has 18 heavy (non-hydrogen) atoms. The zero-order chi connectivity index (χ0) is 13.4. The van der Waals surface area contributed by atoms with Gasteiger partial charge in [0.2, 0.25) is 5.91 Å². The van der Waals surface area contributed by atoms with E-state index in [0.29, 0.717) is 18.8 Å². The van der Waals surface area contributed by atoms with Crippen LogP contribution in [0.3, 0.4) is 0 Å². The molecule has 4 N–H and O–H groups in total. The lowest BCUT2D eigenvalue weighted by Crippen LogP contribution is -2.29. The van der Waals surface area contributed by atoms with Gasteiger partial charge in [0.25, 0.3) is 0 Å². The third kappa shape index (κ3) is 5.24. The molecule has 1 aromatic heterocycles. The molecule has 1 atom stereocenters. The number of amides is 1. The first-order valence-electron chi connectivity index (χ1n) is 6.12. The van der Waals surface area contributed by atoms with Crippen molar-refractivity contribution in [2.75, 3.05) is 13.2 Å². The summed E-state index contributed by atoms with van der Waals surface area (Å²) in [6.07, 6.45) is 3.42. The van der Waals surface area contributed by atoms with Gasteiger partial charge in [-0.05, 0) is 18.8 Å². The normalized spacial score (nSPS) is 12.4. The van der Waals surface area contributed by atoms with Crippen LogP contribution in [0.15, 0.2) is 6.20 Å². The van der Waals surface area contributed by atoms with Crippen LogP contribution < -0.4 is 11.1 Å². The first-order valence-corrected chi connectivity index (χ1v) is 6.12. The van der Waals surface area contributed by atoms with E-state index in [1.807, 2.05) is 6.92 Å². The number of aliphatic hydroxyl groups is 1. The fraction of sp³-hybridized carbons (Fsp3) is 0.727. The summed E-state index contributed by atoms with van der Waals surface area (Å²) in [6, 6.07) is 0. The molecule has 7 nitrogen and oxygen atoms in total. The Hall–Kier alpha value is -1.47. The number of nitrogens with zero attached hydrogens (tertiary/aromatic N) is 3. The Morgan fingerprint density at radius 1 is 1.67 bits per heavy atom. The highest BCUT2D eigenvalue weighted by Gasteiger charge is 2.05. The highest BCUT2D eigenvalue weighted by Crippen LogP contribution is 2.02. The van der Waals surface area contributed by atoms with Crippen molar-refractivity contribution in [3.8, 4) is 0 Å². The van der Waals surface area contributed by atoms with Gasteiger partial charge >= 0.3 is 0 Å². The van der Waals surface area contributed by atoms with E-state index in [2.05, 4.69) is 15.6 Å². The van der Waals surface area contributed by atoms with Crippen LogP contribution in [0.5, 0.6) is 0 Å². The Balaban J connectivity index is 2.17. The topological polar surface area (TPSA) is 106 Å². The Morgan fingerprint density at radius 2 is 2.44 bits per heavy atom. The molecular formula is C11H21N5O2. The first-order chi connectivity index (χ1) is 8.65. The van der Waals surface area contributed by atoms with Gasteiger partial charge in [0.1, 0.15) is 6.54 Å². The van der Waals surface area contributed by atoms with Crippen molar-refractivity contribution >= 4 is 5.91 Å². The number of rotatable bonds is 8. The van der Waals surface area contributed by atoms with E-state index in [4.69, 9.17) is 10.8 Å². The predicted molar refractivity (Wildman–Crippen MR) is 66.4 cm³/mol. The van der Waals surface area contributed by atoms with Crippen LogP contribution in [0.25, 0.3) is 0 Å². The van der Waals surface area contributed by atoms with E-state index >= 15 is 0 Å². The van der Waals surface area contributed by atoms with Crippen LogP contribution in [-0.4, -0.2) is 39.2 Å². The lowest BCUT2D eigenvalue weighted by Gasteiger charge is -2.08. The summed E-state index contributed by atoms with van der Waals surface area (Å²) in [5.41, 5.74) is 6.06. The van der Waals surface area contributed by atoms with Gasteiger partial charge in [0, 0.05) is 19.7 Å². The molecular weight excluding hydrogens is 234 g/mol. The molecule has 0 aliphatic rings. The van der Waals surface area contributed by atoms with Gasteiger partial charge in [0.15, 0.2) is 0 Å². The third-order valence-electron chi connectivity index (χ3n) is 2.61. The molecule has 0 spiro atoms. The number of carbonyl (C=O) groups excluding carboxylic acids is 1. The molecule has 0 aromatic carbocycles. The Labute approximate surface area is 106 Å². The van der Waals surface area contributed by atoms with Crippen LogP contribution >= 0.6 is 0 Å². The minimum absolute atomic E-state index is 0.0971. The molecule has 0 saturated heterocycles. The van der Waals surface area contributed by atoms with Crippen molar-refractivity contribution in [3.63, 3.8) is 0 Å². The van der Waals surface area contributed by atoms with Crippen LogP contribution in [0, 0.1) is 5.92 Å². The van der Waals surface area contributed by atoms with E-state index < -0.39 is 0 Å². The molecule has 1 rings (SSSR count). The maximum Gasteiger partial charge on any atom is 0.241 e. The number of aliphatic hydroxyl groups excluding tert-OH is 1. The zero-order valence-electron chi connectivity index (χ0n) is 10.7. The number of nitrogens with two attached hydrogens (primary N) is 1. The lowest BCUT2D eigenvalue weighted by atomic mass is 10.1. The van der Waals surface area contributed by atoms with Crippen molar-refractivity contribution < 1.29 is 9.90 Å². The predicted octanol–water partition coefficient (Wildman–Crippen LogP) is -0.738. The first kappa shape index (κ1) is 14.6. The van der Waals surface area contributed by atoms with Crippen molar-refractivity contribution in [2.45, 2.75) is 32.9 Å². The third-order valence-corrected chi connectivity index (χ3v) is 2.61. The van der Waals surface area contributed by atoms with Gasteiger partial charge < -0.3 is 16.2 Å². The molecule has 0 aliphatic heterocycles. The zero-order valence-corrected chi connectivity index (χ0v) is 10.7. The monoisotopic (exact) mass is 255 g/mol. The summed E-state index contributed by atoms with van der Waals surface area (Å²) in [5.74, 6) is 0.185. The fourth-order valence-electron chi connectivity index (χ4n) is 1.48. The van der Waals surface area contributed by atoms with Gasteiger partial charge in [-0.2, -0.15) is 0 Å². The lowest BCUT2D eigenvalue weighted by molar-refractivity contribution is -0.121. The molecule has 1 amide bonds. The molecule has 0 radical (unpaired) electrons. The van der Waals surface area contributed by atoms with Crippen molar-refractivity contribution in [1.82, 2.24) is 20.3 Å². The van der Waals surface area contributed by atoms with Gasteiger partial charge in [-0.1, -0.05) is 12.1 Å². The maximum atomic E-state index is 11.5. The quantitative estimate of drug-likeness (QED) is 0.531. The van der Waals surface area contributed by atoms with E-state index in [9.17, 15) is 4.79 Å². The van der Waals surface area contributed by atoms with Crippen molar-refractivity contribution in [3.05, 3.63) is 11.9 Å². The van der Waals surface area contributed by atoms with E-state index in [1.165, 1.54) is 4.68 Å². The Morgan fingerprint density at radius 3 is 3.06 bits per heavy atom. The molecule has 1 aromatic rings. The minimum Gasteiger partial charge on any atom is -0.396 e. The van der Waals surface area contributed by atoms with Gasteiger partial charge in [0.05, 0.1) is 11.9 Å². The van der Waals surface area contributed by atoms with Crippen LogP contribution in [0.4, 0.5) is 0 Å². The standard InChI is InChI=1S/C11H21N5O2/c1-9(8-17)3-2-4-13-11(18)7-16-6-10(5-12)14-15-16/h6,9,17H,2-5,7-8,12H2,1H3,(H,13,18). The molecule has 102 valence electrons. The summed E-state index contributed by atoms with van der Waals surface area (Å²) in [4.78, 5) is 11.5. The smallest absolute Gasteiger partial charge is 0.241 e. The maximum absolute atomic E-state index is 11.5. The summed E-state index contributed by atoms with van der Waals surface area (Å²) >= 11 is 0. The summed E-state index contributed by atoms with van der Waals surface area (Å²) in [5, 5.41) is 19.2. The molecule has 0 fully saturated rings. The largest absolute Gasteiger partial charge is 0.396 e. The number of nitrogens with one attached hydrogen (secondary N) is 1. The Bertz CT molecular complexity index is 366. The van der Waals surface area contributed by atoms with Gasteiger partial charge in [-0.25, -0.2) is 4.68 Å². The van der Waals surface area contributed by atoms with E-state index in [1.54, 1.807) is 6.20 Å². The molecule has 1 unspecified atom stereocenters. The second-order valence-electron chi connectivity index (χ2n) is 4.39. The number of aromatic nitrogens is 3. The van der Waals surface area contributed by atoms with Crippen LogP contribution in [0.1, 0.15) is 25.5 Å². The molecule has 0 bridgehead atoms. The minimum atomic E-state index is -0.0971. The molecule has 7 heteroatoms. The van der Waals surface area contributed by atoms with Crippen molar-refractivity contribution in [1.29, 1.82) is 0 Å².